The number of fused-ring (bicyclic) bond motifs is 1. The van der Waals surface area contributed by atoms with Crippen LogP contribution in [0.2, 0.25) is 0 Å². The lowest BCUT2D eigenvalue weighted by molar-refractivity contribution is 0.0709. The maximum Gasteiger partial charge on any atom is 0.254 e. The molecule has 27 heavy (non-hydrogen) atoms. The highest BCUT2D eigenvalue weighted by Crippen LogP contribution is 2.44. The first kappa shape index (κ1) is 17.7. The summed E-state index contributed by atoms with van der Waals surface area (Å²) in [5, 5.41) is 0.937. The van der Waals surface area contributed by atoms with Crippen LogP contribution in [-0.4, -0.2) is 27.8 Å². The minimum atomic E-state index is 0.0246. The van der Waals surface area contributed by atoms with Crippen LogP contribution in [0.25, 0.3) is 10.9 Å². The fourth-order valence-electron chi connectivity index (χ4n) is 3.84. The number of aromatic nitrogens is 2. The molecule has 4 heteroatoms. The number of benzene rings is 1. The van der Waals surface area contributed by atoms with Crippen molar-refractivity contribution < 1.29 is 4.79 Å². The Morgan fingerprint density at radius 2 is 2.04 bits per heavy atom. The van der Waals surface area contributed by atoms with E-state index in [1.807, 2.05) is 55.4 Å². The Labute approximate surface area is 160 Å². The predicted octanol–water partition coefficient (Wildman–Crippen LogP) is 4.72. The molecule has 1 aliphatic carbocycles. The van der Waals surface area contributed by atoms with Crippen molar-refractivity contribution in [2.45, 2.75) is 39.2 Å². The second-order valence-corrected chi connectivity index (χ2v) is 7.47. The quantitative estimate of drug-likeness (QED) is 0.662. The number of nitrogens with zero attached hydrogens (tertiary/aromatic N) is 3. The topological polar surface area (TPSA) is 46.1 Å². The SMILES string of the molecule is CCc1ccc2nc(C)cc(C(=O)N(C)C(c3ccccn3)C3CC3)c2c1. The summed E-state index contributed by atoms with van der Waals surface area (Å²) >= 11 is 0. The average molecular weight is 359 g/mol. The van der Waals surface area contributed by atoms with Crippen LogP contribution in [-0.2, 0) is 6.42 Å². The predicted molar refractivity (Wildman–Crippen MR) is 108 cm³/mol. The minimum absolute atomic E-state index is 0.0246. The van der Waals surface area contributed by atoms with Gasteiger partial charge in [-0.1, -0.05) is 19.1 Å². The van der Waals surface area contributed by atoms with Gasteiger partial charge in [-0.3, -0.25) is 14.8 Å². The molecule has 1 unspecified atom stereocenters. The Morgan fingerprint density at radius 3 is 2.70 bits per heavy atom. The van der Waals surface area contributed by atoms with E-state index in [0.29, 0.717) is 5.92 Å². The molecule has 0 N–H and O–H groups in total. The van der Waals surface area contributed by atoms with Gasteiger partial charge in [0.15, 0.2) is 0 Å². The Balaban J connectivity index is 1.77. The molecule has 0 radical (unpaired) electrons. The van der Waals surface area contributed by atoms with E-state index in [4.69, 9.17) is 0 Å². The standard InChI is InChI=1S/C23H25N3O/c1-4-16-8-11-20-18(14-16)19(13-15(2)25-20)23(27)26(3)22(17-9-10-17)21-7-5-6-12-24-21/h5-8,11-14,17,22H,4,9-10H2,1-3H3. The summed E-state index contributed by atoms with van der Waals surface area (Å²) in [4.78, 5) is 24.6. The van der Waals surface area contributed by atoms with Crippen molar-refractivity contribution in [3.63, 3.8) is 0 Å². The summed E-state index contributed by atoms with van der Waals surface area (Å²) in [5.74, 6) is 0.538. The van der Waals surface area contributed by atoms with Crippen molar-refractivity contribution in [3.8, 4) is 0 Å². The molecule has 138 valence electrons. The van der Waals surface area contributed by atoms with E-state index >= 15 is 0 Å². The van der Waals surface area contributed by atoms with Gasteiger partial charge in [-0.2, -0.15) is 0 Å². The number of pyridine rings is 2. The molecule has 4 rings (SSSR count). The van der Waals surface area contributed by atoms with Crippen molar-refractivity contribution in [2.75, 3.05) is 7.05 Å². The van der Waals surface area contributed by atoms with E-state index in [9.17, 15) is 4.79 Å². The largest absolute Gasteiger partial charge is 0.333 e. The van der Waals surface area contributed by atoms with Crippen LogP contribution in [0, 0.1) is 12.8 Å². The van der Waals surface area contributed by atoms with Gasteiger partial charge in [0.25, 0.3) is 5.91 Å². The summed E-state index contributed by atoms with van der Waals surface area (Å²) in [6.07, 6.45) is 5.04. The number of amides is 1. The Hall–Kier alpha value is -2.75. The maximum atomic E-state index is 13.5. The molecular formula is C23H25N3O. The van der Waals surface area contributed by atoms with Crippen molar-refractivity contribution in [2.24, 2.45) is 5.92 Å². The molecule has 2 aromatic heterocycles. The van der Waals surface area contributed by atoms with Gasteiger partial charge in [0.1, 0.15) is 0 Å². The van der Waals surface area contributed by atoms with Crippen molar-refractivity contribution in [1.82, 2.24) is 14.9 Å². The Morgan fingerprint density at radius 1 is 1.22 bits per heavy atom. The van der Waals surface area contributed by atoms with Crippen LogP contribution in [0.15, 0.2) is 48.7 Å². The molecular weight excluding hydrogens is 334 g/mol. The molecule has 0 bridgehead atoms. The highest BCUT2D eigenvalue weighted by atomic mass is 16.2. The molecule has 1 amide bonds. The third kappa shape index (κ3) is 3.44. The summed E-state index contributed by atoms with van der Waals surface area (Å²) < 4.78 is 0. The Kier molecular flexibility index (Phi) is 4.65. The third-order valence-corrected chi connectivity index (χ3v) is 5.44. The van der Waals surface area contributed by atoms with Gasteiger partial charge in [0.2, 0.25) is 0 Å². The summed E-state index contributed by atoms with van der Waals surface area (Å²) in [5.41, 5.74) is 4.67. The van der Waals surface area contributed by atoms with Crippen LogP contribution in [0.3, 0.4) is 0 Å². The van der Waals surface area contributed by atoms with Gasteiger partial charge in [-0.05, 0) is 68.0 Å². The summed E-state index contributed by atoms with van der Waals surface area (Å²) in [6.45, 7) is 4.07. The third-order valence-electron chi connectivity index (χ3n) is 5.44. The molecule has 2 heterocycles. The number of aryl methyl sites for hydroxylation is 2. The van der Waals surface area contributed by atoms with Crippen molar-refractivity contribution in [1.29, 1.82) is 0 Å². The van der Waals surface area contributed by atoms with E-state index in [0.717, 1.165) is 47.1 Å². The summed E-state index contributed by atoms with van der Waals surface area (Å²) in [6, 6.07) is 14.1. The highest BCUT2D eigenvalue weighted by molar-refractivity contribution is 6.06. The molecule has 4 nitrogen and oxygen atoms in total. The smallest absolute Gasteiger partial charge is 0.254 e. The van der Waals surface area contributed by atoms with E-state index in [2.05, 4.69) is 29.0 Å². The first-order valence-electron chi connectivity index (χ1n) is 9.67. The first-order chi connectivity index (χ1) is 13.1. The first-order valence-corrected chi connectivity index (χ1v) is 9.67. The van der Waals surface area contributed by atoms with E-state index in [1.54, 1.807) is 0 Å². The zero-order valence-electron chi connectivity index (χ0n) is 16.1. The van der Waals surface area contributed by atoms with E-state index in [-0.39, 0.29) is 11.9 Å². The lowest BCUT2D eigenvalue weighted by Crippen LogP contribution is -2.33. The zero-order valence-corrected chi connectivity index (χ0v) is 16.1. The maximum absolute atomic E-state index is 13.5. The van der Waals surface area contributed by atoms with Crippen LogP contribution < -0.4 is 0 Å². The molecule has 0 aliphatic heterocycles. The summed E-state index contributed by atoms with van der Waals surface area (Å²) in [7, 11) is 1.91. The molecule has 1 aliphatic rings. The molecule has 0 saturated heterocycles. The minimum Gasteiger partial charge on any atom is -0.333 e. The van der Waals surface area contributed by atoms with Crippen LogP contribution in [0.1, 0.15) is 53.1 Å². The fourth-order valence-corrected chi connectivity index (χ4v) is 3.84. The molecule has 3 aromatic rings. The average Bonchev–Trinajstić information content (AvgIpc) is 3.52. The van der Waals surface area contributed by atoms with Gasteiger partial charge in [0.05, 0.1) is 22.8 Å². The highest BCUT2D eigenvalue weighted by Gasteiger charge is 2.38. The van der Waals surface area contributed by atoms with Gasteiger partial charge in [-0.25, -0.2) is 0 Å². The van der Waals surface area contributed by atoms with Gasteiger partial charge in [-0.15, -0.1) is 0 Å². The van der Waals surface area contributed by atoms with Crippen molar-refractivity contribution in [3.05, 3.63) is 71.2 Å². The normalized spacial score (nSPS) is 14.9. The lowest BCUT2D eigenvalue weighted by atomic mass is 10.0. The number of hydrogen-bond acceptors (Lipinski definition) is 3. The second-order valence-electron chi connectivity index (χ2n) is 7.47. The number of rotatable bonds is 5. The molecule has 1 aromatic carbocycles. The van der Waals surface area contributed by atoms with E-state index < -0.39 is 0 Å². The zero-order chi connectivity index (χ0) is 19.0. The van der Waals surface area contributed by atoms with E-state index in [1.165, 1.54) is 5.56 Å². The molecule has 1 atom stereocenters. The lowest BCUT2D eigenvalue weighted by Gasteiger charge is -2.28. The Bertz CT molecular complexity index is 980. The molecule has 1 fully saturated rings. The fraction of sp³-hybridized carbons (Fsp3) is 0.348. The number of hydrogen-bond donors (Lipinski definition) is 0. The monoisotopic (exact) mass is 359 g/mol. The van der Waals surface area contributed by atoms with Crippen LogP contribution in [0.4, 0.5) is 0 Å². The molecule has 0 spiro atoms. The van der Waals surface area contributed by atoms with Gasteiger partial charge < -0.3 is 4.90 Å². The van der Waals surface area contributed by atoms with Crippen LogP contribution in [0.5, 0.6) is 0 Å². The second kappa shape index (κ2) is 7.10. The van der Waals surface area contributed by atoms with Crippen molar-refractivity contribution >= 4 is 16.8 Å². The van der Waals surface area contributed by atoms with Gasteiger partial charge in [0, 0.05) is 24.3 Å². The van der Waals surface area contributed by atoms with Crippen LogP contribution >= 0.6 is 0 Å². The van der Waals surface area contributed by atoms with Gasteiger partial charge >= 0.3 is 0 Å². The molecule has 1 saturated carbocycles. The number of carbonyl (C=O) groups excluding carboxylic acids is 1. The number of carbonyl (C=O) groups is 1.